The van der Waals surface area contributed by atoms with Gasteiger partial charge in [-0.25, -0.2) is 0 Å². The van der Waals surface area contributed by atoms with Crippen LogP contribution in [0.5, 0.6) is 5.75 Å². The van der Waals surface area contributed by atoms with E-state index in [1.165, 1.54) is 0 Å². The molecule has 2 rings (SSSR count). The van der Waals surface area contributed by atoms with E-state index in [-0.39, 0.29) is 11.8 Å². The number of Topliss-reactive ketones (excluding diaryl/α,β-unsaturated/α-hetero) is 1. The summed E-state index contributed by atoms with van der Waals surface area (Å²) in [6.07, 6.45) is 0.467. The molecule has 1 unspecified atom stereocenters. The minimum Gasteiger partial charge on any atom is -0.497 e. The lowest BCUT2D eigenvalue weighted by Crippen LogP contribution is -2.45. The first-order valence-corrected chi connectivity index (χ1v) is 7.34. The Morgan fingerprint density at radius 3 is 2.76 bits per heavy atom. The molecule has 110 valence electrons. The van der Waals surface area contributed by atoms with Crippen molar-refractivity contribution >= 4 is 36.4 Å². The first kappa shape index (κ1) is 15.6. The number of carbonyl (C=O) groups excluding carboxylic acids is 1. The largest absolute Gasteiger partial charge is 0.497 e. The highest BCUT2D eigenvalue weighted by Gasteiger charge is 2.28. The van der Waals surface area contributed by atoms with Crippen LogP contribution in [0.4, 0.5) is 0 Å². The number of benzene rings is 1. The molecule has 0 fully saturated rings. The monoisotopic (exact) mass is 302 g/mol. The smallest absolute Gasteiger partial charge is 0.171 e. The van der Waals surface area contributed by atoms with E-state index in [9.17, 15) is 4.79 Å². The summed E-state index contributed by atoms with van der Waals surface area (Å²) in [7, 11) is 3.63. The van der Waals surface area contributed by atoms with Gasteiger partial charge in [-0.15, -0.1) is 0 Å². The van der Waals surface area contributed by atoms with Gasteiger partial charge >= 0.3 is 0 Å². The van der Waals surface area contributed by atoms with E-state index in [1.54, 1.807) is 7.11 Å². The van der Waals surface area contributed by atoms with Crippen molar-refractivity contribution in [1.82, 2.24) is 10.6 Å². The molecular formula is C15H19BN2O2S. The third-order valence-corrected chi connectivity index (χ3v) is 3.86. The maximum Gasteiger partial charge on any atom is 0.171 e. The number of carbonyl (C=O) groups is 1. The van der Waals surface area contributed by atoms with Crippen LogP contribution in [0, 0.1) is 0 Å². The number of ether oxygens (including phenoxy) is 1. The van der Waals surface area contributed by atoms with Crippen LogP contribution in [0.3, 0.4) is 0 Å². The second-order valence-electron chi connectivity index (χ2n) is 5.08. The summed E-state index contributed by atoms with van der Waals surface area (Å²) < 4.78 is 5.29. The van der Waals surface area contributed by atoms with Gasteiger partial charge in [-0.05, 0) is 36.2 Å². The number of methoxy groups -OCH3 is 1. The molecule has 21 heavy (non-hydrogen) atoms. The molecule has 1 atom stereocenters. The zero-order valence-electron chi connectivity index (χ0n) is 12.7. The lowest BCUT2D eigenvalue weighted by molar-refractivity contribution is -0.115. The SMILES string of the molecule is Bc1cc(C2NC(=S)NC(C)=C2C(=O)CC)ccc1OC. The van der Waals surface area contributed by atoms with Crippen LogP contribution >= 0.6 is 12.2 Å². The van der Waals surface area contributed by atoms with Crippen LogP contribution in [0.2, 0.25) is 0 Å². The molecule has 1 aliphatic rings. The van der Waals surface area contributed by atoms with Crippen molar-refractivity contribution in [1.29, 1.82) is 0 Å². The molecule has 0 amide bonds. The van der Waals surface area contributed by atoms with Crippen molar-refractivity contribution in [2.45, 2.75) is 26.3 Å². The van der Waals surface area contributed by atoms with Crippen molar-refractivity contribution < 1.29 is 9.53 Å². The van der Waals surface area contributed by atoms with Gasteiger partial charge in [0.1, 0.15) is 13.6 Å². The first-order chi connectivity index (χ1) is 9.97. The first-order valence-electron chi connectivity index (χ1n) is 6.94. The fourth-order valence-electron chi connectivity index (χ4n) is 2.59. The molecule has 1 aromatic rings. The molecule has 2 N–H and O–H groups in total. The number of hydrogen-bond donors (Lipinski definition) is 2. The molecule has 1 aliphatic heterocycles. The summed E-state index contributed by atoms with van der Waals surface area (Å²) in [5, 5.41) is 6.77. The molecule has 6 heteroatoms. The summed E-state index contributed by atoms with van der Waals surface area (Å²) in [6.45, 7) is 3.76. The van der Waals surface area contributed by atoms with Crippen LogP contribution < -0.4 is 20.8 Å². The van der Waals surface area contributed by atoms with Gasteiger partial charge in [0.25, 0.3) is 0 Å². The maximum atomic E-state index is 12.3. The van der Waals surface area contributed by atoms with Gasteiger partial charge in [0.15, 0.2) is 10.9 Å². The Balaban J connectivity index is 2.48. The van der Waals surface area contributed by atoms with Gasteiger partial charge in [0.2, 0.25) is 0 Å². The minimum absolute atomic E-state index is 0.119. The predicted octanol–water partition coefficient (Wildman–Crippen LogP) is 0.725. The highest BCUT2D eigenvalue weighted by molar-refractivity contribution is 7.80. The van der Waals surface area contributed by atoms with E-state index < -0.39 is 0 Å². The Labute approximate surface area is 131 Å². The fraction of sp³-hybridized carbons (Fsp3) is 0.333. The normalized spacial score (nSPS) is 18.0. The van der Waals surface area contributed by atoms with Crippen LogP contribution in [-0.4, -0.2) is 25.9 Å². The molecule has 0 saturated carbocycles. The Bertz CT molecular complexity index is 628. The van der Waals surface area contributed by atoms with E-state index in [1.807, 2.05) is 39.9 Å². The van der Waals surface area contributed by atoms with Gasteiger partial charge in [-0.2, -0.15) is 0 Å². The van der Waals surface area contributed by atoms with Gasteiger partial charge in [-0.3, -0.25) is 4.79 Å². The van der Waals surface area contributed by atoms with Crippen LogP contribution in [0.25, 0.3) is 0 Å². The van der Waals surface area contributed by atoms with Crippen LogP contribution in [0.1, 0.15) is 31.9 Å². The third-order valence-electron chi connectivity index (χ3n) is 3.64. The topological polar surface area (TPSA) is 50.4 Å². The van der Waals surface area contributed by atoms with Crippen LogP contribution in [0.15, 0.2) is 29.5 Å². The quantitative estimate of drug-likeness (QED) is 0.634. The van der Waals surface area contributed by atoms with Crippen molar-refractivity contribution in [3.63, 3.8) is 0 Å². The number of rotatable bonds is 4. The summed E-state index contributed by atoms with van der Waals surface area (Å²) >= 11 is 5.22. The van der Waals surface area contributed by atoms with E-state index >= 15 is 0 Å². The Morgan fingerprint density at radius 2 is 2.19 bits per heavy atom. The molecular weight excluding hydrogens is 283 g/mol. The zero-order chi connectivity index (χ0) is 15.6. The summed E-state index contributed by atoms with van der Waals surface area (Å²) in [6, 6.07) is 5.70. The van der Waals surface area contributed by atoms with E-state index in [2.05, 4.69) is 10.6 Å². The lowest BCUT2D eigenvalue weighted by atomic mass is 9.87. The molecule has 0 aliphatic carbocycles. The second-order valence-corrected chi connectivity index (χ2v) is 5.48. The van der Waals surface area contributed by atoms with Crippen molar-refractivity contribution in [3.05, 3.63) is 35.0 Å². The minimum atomic E-state index is -0.212. The standard InChI is InChI=1S/C15H19BN2O2S/c1-4-11(19)13-8(2)17-15(21)18-14(13)9-5-6-12(20-3)10(16)7-9/h5-7,14H,4,16H2,1-3H3,(H2,17,18,21). The number of thiocarbonyl (C=S) groups is 1. The van der Waals surface area contributed by atoms with Gasteiger partial charge in [0.05, 0.1) is 13.2 Å². The molecule has 4 nitrogen and oxygen atoms in total. The molecule has 1 heterocycles. The molecule has 1 aromatic carbocycles. The van der Waals surface area contributed by atoms with Gasteiger partial charge in [-0.1, -0.05) is 19.1 Å². The van der Waals surface area contributed by atoms with Crippen molar-refractivity contribution in [2.75, 3.05) is 7.11 Å². The molecule has 0 spiro atoms. The Kier molecular flexibility index (Phi) is 4.68. The highest BCUT2D eigenvalue weighted by Crippen LogP contribution is 2.28. The fourth-order valence-corrected chi connectivity index (χ4v) is 2.86. The van der Waals surface area contributed by atoms with E-state index in [4.69, 9.17) is 17.0 Å². The maximum absolute atomic E-state index is 12.3. The molecule has 0 saturated heterocycles. The highest BCUT2D eigenvalue weighted by atomic mass is 32.1. The molecule has 0 bridgehead atoms. The van der Waals surface area contributed by atoms with Crippen LogP contribution in [-0.2, 0) is 4.79 Å². The molecule has 0 radical (unpaired) electrons. The van der Waals surface area contributed by atoms with Crippen molar-refractivity contribution in [2.24, 2.45) is 0 Å². The lowest BCUT2D eigenvalue weighted by Gasteiger charge is -2.30. The summed E-state index contributed by atoms with van der Waals surface area (Å²) in [5.41, 5.74) is 3.61. The number of nitrogens with one attached hydrogen (secondary N) is 2. The van der Waals surface area contributed by atoms with Crippen molar-refractivity contribution in [3.8, 4) is 5.75 Å². The molecule has 0 aromatic heterocycles. The summed E-state index contributed by atoms with van der Waals surface area (Å²) in [4.78, 5) is 12.3. The second kappa shape index (κ2) is 6.31. The Morgan fingerprint density at radius 1 is 1.48 bits per heavy atom. The average Bonchev–Trinajstić information content (AvgIpc) is 2.45. The third kappa shape index (κ3) is 3.10. The van der Waals surface area contributed by atoms with Gasteiger partial charge < -0.3 is 15.4 Å². The van der Waals surface area contributed by atoms with E-state index in [0.29, 0.717) is 11.5 Å². The van der Waals surface area contributed by atoms with E-state index in [0.717, 1.165) is 28.0 Å². The average molecular weight is 302 g/mol. The number of allylic oxidation sites excluding steroid dienone is 1. The number of ketones is 1. The zero-order valence-corrected chi connectivity index (χ0v) is 13.6. The summed E-state index contributed by atoms with van der Waals surface area (Å²) in [5.74, 6) is 0.952. The Hall–Kier alpha value is -1.82. The van der Waals surface area contributed by atoms with Gasteiger partial charge in [0, 0.05) is 17.7 Å². The number of hydrogen-bond acceptors (Lipinski definition) is 3. The predicted molar refractivity (Wildman–Crippen MR) is 90.8 cm³/mol.